The highest BCUT2D eigenvalue weighted by atomic mass is 32.2. The van der Waals surface area contributed by atoms with E-state index in [9.17, 15) is 8.42 Å². The summed E-state index contributed by atoms with van der Waals surface area (Å²) in [6.45, 7) is 1.29. The van der Waals surface area contributed by atoms with Gasteiger partial charge in [-0.2, -0.15) is 17.0 Å². The maximum absolute atomic E-state index is 11.4. The molecule has 0 amide bonds. The van der Waals surface area contributed by atoms with Gasteiger partial charge in [0, 0.05) is 27.2 Å². The van der Waals surface area contributed by atoms with Crippen LogP contribution in [0.1, 0.15) is 12.8 Å². The van der Waals surface area contributed by atoms with Gasteiger partial charge in [0.1, 0.15) is 0 Å². The quantitative estimate of drug-likeness (QED) is 0.519. The Morgan fingerprint density at radius 1 is 1.00 bits per heavy atom. The summed E-state index contributed by atoms with van der Waals surface area (Å²) in [5, 5.41) is 0. The van der Waals surface area contributed by atoms with Crippen LogP contribution in [0, 0.1) is 0 Å². The SMILES string of the molecule is CN1CCCCN(C)S1(=O)=O. The highest BCUT2D eigenvalue weighted by Gasteiger charge is 2.25. The molecule has 1 rings (SSSR count). The monoisotopic (exact) mass is 178 g/mol. The summed E-state index contributed by atoms with van der Waals surface area (Å²) in [6, 6.07) is 0. The maximum atomic E-state index is 11.4. The van der Waals surface area contributed by atoms with Crippen LogP contribution in [0.4, 0.5) is 0 Å². The molecule has 1 saturated heterocycles. The van der Waals surface area contributed by atoms with Crippen molar-refractivity contribution < 1.29 is 8.42 Å². The van der Waals surface area contributed by atoms with Crippen LogP contribution in [0.2, 0.25) is 0 Å². The highest BCUT2D eigenvalue weighted by Crippen LogP contribution is 2.10. The third-order valence-corrected chi connectivity index (χ3v) is 3.92. The van der Waals surface area contributed by atoms with Crippen molar-refractivity contribution in [2.75, 3.05) is 27.2 Å². The molecular formula is C6H14N2O2S. The molecule has 0 saturated carbocycles. The predicted molar refractivity (Wildman–Crippen MR) is 43.4 cm³/mol. The molecule has 0 unspecified atom stereocenters. The Bertz CT molecular complexity index is 207. The van der Waals surface area contributed by atoms with Gasteiger partial charge in [0.15, 0.2) is 0 Å². The lowest BCUT2D eigenvalue weighted by Crippen LogP contribution is -2.37. The molecule has 0 aromatic rings. The van der Waals surface area contributed by atoms with Gasteiger partial charge in [-0.05, 0) is 12.8 Å². The van der Waals surface area contributed by atoms with E-state index in [0.717, 1.165) is 12.8 Å². The molecule has 0 aromatic carbocycles. The zero-order chi connectivity index (χ0) is 8.48. The minimum Gasteiger partial charge on any atom is -0.195 e. The van der Waals surface area contributed by atoms with Gasteiger partial charge in [-0.25, -0.2) is 0 Å². The third kappa shape index (κ3) is 1.72. The van der Waals surface area contributed by atoms with Crippen molar-refractivity contribution in [2.45, 2.75) is 12.8 Å². The fraction of sp³-hybridized carbons (Fsp3) is 1.00. The minimum absolute atomic E-state index is 0.646. The van der Waals surface area contributed by atoms with Crippen LogP contribution in [0.25, 0.3) is 0 Å². The van der Waals surface area contributed by atoms with Crippen molar-refractivity contribution in [3.63, 3.8) is 0 Å². The standard InChI is InChI=1S/C6H14N2O2S/c1-7-5-3-4-6-8(2)11(7,9)10/h3-6H2,1-2H3. The molecule has 0 spiro atoms. The van der Waals surface area contributed by atoms with Gasteiger partial charge in [-0.1, -0.05) is 0 Å². The van der Waals surface area contributed by atoms with Crippen molar-refractivity contribution in [1.82, 2.24) is 8.61 Å². The van der Waals surface area contributed by atoms with Crippen molar-refractivity contribution in [1.29, 1.82) is 0 Å². The Labute approximate surface area is 68.0 Å². The Morgan fingerprint density at radius 3 is 1.73 bits per heavy atom. The average Bonchev–Trinajstić information content (AvgIpc) is 2.03. The van der Waals surface area contributed by atoms with Crippen LogP contribution >= 0.6 is 0 Å². The van der Waals surface area contributed by atoms with E-state index >= 15 is 0 Å². The molecule has 1 aliphatic heterocycles. The second-order valence-electron chi connectivity index (χ2n) is 2.86. The number of hydrogen-bond donors (Lipinski definition) is 0. The van der Waals surface area contributed by atoms with E-state index in [4.69, 9.17) is 0 Å². The molecule has 4 nitrogen and oxygen atoms in total. The van der Waals surface area contributed by atoms with Crippen LogP contribution in [-0.2, 0) is 10.2 Å². The van der Waals surface area contributed by atoms with Gasteiger partial charge < -0.3 is 0 Å². The lowest BCUT2D eigenvalue weighted by Gasteiger charge is -2.19. The van der Waals surface area contributed by atoms with E-state index in [-0.39, 0.29) is 0 Å². The fourth-order valence-corrected chi connectivity index (χ4v) is 2.33. The molecule has 66 valence electrons. The summed E-state index contributed by atoms with van der Waals surface area (Å²) in [7, 11) is 0.134. The number of hydrogen-bond acceptors (Lipinski definition) is 2. The van der Waals surface area contributed by atoms with Crippen LogP contribution in [0.5, 0.6) is 0 Å². The van der Waals surface area contributed by atoms with Crippen molar-refractivity contribution >= 4 is 10.2 Å². The molecule has 0 atom stereocenters. The van der Waals surface area contributed by atoms with Gasteiger partial charge in [0.05, 0.1) is 0 Å². The second kappa shape index (κ2) is 3.08. The molecule has 1 heterocycles. The predicted octanol–water partition coefficient (Wildman–Crippen LogP) is -0.111. The van der Waals surface area contributed by atoms with Crippen molar-refractivity contribution in [2.24, 2.45) is 0 Å². The van der Waals surface area contributed by atoms with Crippen LogP contribution in [0.15, 0.2) is 0 Å². The van der Waals surface area contributed by atoms with Gasteiger partial charge in [0.2, 0.25) is 0 Å². The van der Waals surface area contributed by atoms with E-state index in [1.165, 1.54) is 8.61 Å². The minimum atomic E-state index is -3.11. The van der Waals surface area contributed by atoms with Gasteiger partial charge in [-0.15, -0.1) is 0 Å². The van der Waals surface area contributed by atoms with Crippen molar-refractivity contribution in [3.8, 4) is 0 Å². The smallest absolute Gasteiger partial charge is 0.195 e. The molecule has 11 heavy (non-hydrogen) atoms. The molecular weight excluding hydrogens is 164 g/mol. The molecule has 0 N–H and O–H groups in total. The summed E-state index contributed by atoms with van der Waals surface area (Å²) < 4.78 is 25.6. The van der Waals surface area contributed by atoms with Gasteiger partial charge in [0.25, 0.3) is 10.2 Å². The Morgan fingerprint density at radius 2 is 1.36 bits per heavy atom. The zero-order valence-corrected chi connectivity index (χ0v) is 7.76. The average molecular weight is 178 g/mol. The highest BCUT2D eigenvalue weighted by molar-refractivity contribution is 7.86. The second-order valence-corrected chi connectivity index (χ2v) is 5.00. The van der Waals surface area contributed by atoms with Gasteiger partial charge >= 0.3 is 0 Å². The summed E-state index contributed by atoms with van der Waals surface area (Å²) in [6.07, 6.45) is 1.92. The Balaban J connectivity index is 2.85. The van der Waals surface area contributed by atoms with E-state index in [2.05, 4.69) is 0 Å². The maximum Gasteiger partial charge on any atom is 0.281 e. The van der Waals surface area contributed by atoms with Crippen molar-refractivity contribution in [3.05, 3.63) is 0 Å². The molecule has 0 aromatic heterocycles. The fourth-order valence-electron chi connectivity index (χ4n) is 1.14. The number of nitrogens with zero attached hydrogens (tertiary/aromatic N) is 2. The van der Waals surface area contributed by atoms with Crippen LogP contribution in [-0.4, -0.2) is 44.2 Å². The molecule has 0 bridgehead atoms. The molecule has 0 aliphatic carbocycles. The van der Waals surface area contributed by atoms with Crippen LogP contribution < -0.4 is 0 Å². The summed E-state index contributed by atoms with van der Waals surface area (Å²) >= 11 is 0. The Kier molecular flexibility index (Phi) is 2.51. The summed E-state index contributed by atoms with van der Waals surface area (Å²) in [5.74, 6) is 0. The molecule has 1 fully saturated rings. The first-order valence-corrected chi connectivity index (χ1v) is 5.12. The summed E-state index contributed by atoms with van der Waals surface area (Å²) in [5.41, 5.74) is 0. The molecule has 5 heteroatoms. The lowest BCUT2D eigenvalue weighted by atomic mass is 10.3. The normalized spacial score (nSPS) is 28.2. The molecule has 0 radical (unpaired) electrons. The first-order valence-electron chi connectivity index (χ1n) is 3.73. The van der Waals surface area contributed by atoms with E-state index in [1.54, 1.807) is 14.1 Å². The van der Waals surface area contributed by atoms with E-state index in [1.807, 2.05) is 0 Å². The lowest BCUT2D eigenvalue weighted by molar-refractivity contribution is 0.425. The first kappa shape index (κ1) is 8.96. The zero-order valence-electron chi connectivity index (χ0n) is 6.95. The summed E-state index contributed by atoms with van der Waals surface area (Å²) in [4.78, 5) is 0. The van der Waals surface area contributed by atoms with Gasteiger partial charge in [-0.3, -0.25) is 0 Å². The van der Waals surface area contributed by atoms with E-state index in [0.29, 0.717) is 13.1 Å². The molecule has 1 aliphatic rings. The third-order valence-electron chi connectivity index (χ3n) is 1.98. The largest absolute Gasteiger partial charge is 0.281 e. The van der Waals surface area contributed by atoms with Crippen LogP contribution in [0.3, 0.4) is 0 Å². The topological polar surface area (TPSA) is 40.6 Å². The first-order chi connectivity index (χ1) is 5.05. The Hall–Kier alpha value is -0.130. The van der Waals surface area contributed by atoms with E-state index < -0.39 is 10.2 Å². The number of rotatable bonds is 0.